The molecular formula is C2H2F4O8S2. The summed E-state index contributed by atoms with van der Waals surface area (Å²) in [5.41, 5.74) is 0. The summed E-state index contributed by atoms with van der Waals surface area (Å²) in [5.74, 6) is 0. The van der Waals surface area contributed by atoms with Crippen molar-refractivity contribution in [3.8, 4) is 0 Å². The van der Waals surface area contributed by atoms with E-state index < -0.39 is 33.0 Å². The van der Waals surface area contributed by atoms with E-state index >= 15 is 0 Å². The molecule has 0 amide bonds. The van der Waals surface area contributed by atoms with Crippen LogP contribution in [0.5, 0.6) is 0 Å². The molecule has 0 aromatic heterocycles. The number of rotatable bonds is 5. The van der Waals surface area contributed by atoms with Crippen molar-refractivity contribution >= 4 is 20.8 Å². The van der Waals surface area contributed by atoms with Gasteiger partial charge in [-0.3, -0.25) is 9.11 Å². The third kappa shape index (κ3) is 4.99. The SMILES string of the molecule is O=S(=O)(O)OC(F)(F)C(F)(F)OS(=O)(=O)O. The zero-order chi connectivity index (χ0) is 13.4. The Balaban J connectivity index is 5.14. The highest BCUT2D eigenvalue weighted by atomic mass is 32.3. The maximum atomic E-state index is 12.2. The van der Waals surface area contributed by atoms with E-state index in [0.717, 1.165) is 0 Å². The van der Waals surface area contributed by atoms with Gasteiger partial charge in [0.2, 0.25) is 0 Å². The molecule has 0 aliphatic heterocycles. The Kier molecular flexibility index (Phi) is 3.91. The van der Waals surface area contributed by atoms with Gasteiger partial charge in [-0.2, -0.15) is 42.8 Å². The molecule has 0 aromatic carbocycles. The molecule has 0 rings (SSSR count). The van der Waals surface area contributed by atoms with E-state index in [1.807, 2.05) is 0 Å². The second kappa shape index (κ2) is 4.04. The van der Waals surface area contributed by atoms with Crippen LogP contribution in [0.3, 0.4) is 0 Å². The normalized spacial score (nSPS) is 15.1. The minimum absolute atomic E-state index is 2.18. The lowest BCUT2D eigenvalue weighted by Gasteiger charge is -2.21. The zero-order valence-corrected chi connectivity index (χ0v) is 8.31. The van der Waals surface area contributed by atoms with Crippen LogP contribution in [0, 0.1) is 0 Å². The largest absolute Gasteiger partial charge is 0.465 e. The highest BCUT2D eigenvalue weighted by Gasteiger charge is 2.65. The minimum atomic E-state index is -6.05. The molecule has 0 bridgehead atoms. The lowest BCUT2D eigenvalue weighted by Crippen LogP contribution is -2.47. The van der Waals surface area contributed by atoms with E-state index in [1.54, 1.807) is 0 Å². The van der Waals surface area contributed by atoms with Crippen molar-refractivity contribution in [2.75, 3.05) is 0 Å². The Morgan fingerprint density at radius 2 is 0.938 bits per heavy atom. The minimum Gasteiger partial charge on any atom is -0.263 e. The van der Waals surface area contributed by atoms with Gasteiger partial charge in [-0.1, -0.05) is 0 Å². The molecule has 0 aliphatic carbocycles. The van der Waals surface area contributed by atoms with Crippen molar-refractivity contribution in [3.63, 3.8) is 0 Å². The first-order chi connectivity index (χ1) is 6.66. The summed E-state index contributed by atoms with van der Waals surface area (Å²) >= 11 is 0. The predicted molar refractivity (Wildman–Crippen MR) is 35.2 cm³/mol. The monoisotopic (exact) mass is 294 g/mol. The van der Waals surface area contributed by atoms with Crippen LogP contribution in [0.2, 0.25) is 0 Å². The molecule has 0 saturated carbocycles. The number of hydrogen-bond donors (Lipinski definition) is 2. The molecule has 0 atom stereocenters. The smallest absolute Gasteiger partial charge is 0.263 e. The first-order valence-electron chi connectivity index (χ1n) is 2.78. The number of halogens is 4. The van der Waals surface area contributed by atoms with Gasteiger partial charge in [0, 0.05) is 0 Å². The Labute approximate surface area is 85.7 Å². The second-order valence-electron chi connectivity index (χ2n) is 2.06. The molecule has 2 N–H and O–H groups in total. The van der Waals surface area contributed by atoms with Crippen LogP contribution in [0.1, 0.15) is 0 Å². The summed E-state index contributed by atoms with van der Waals surface area (Å²) in [6.45, 7) is 0. The zero-order valence-electron chi connectivity index (χ0n) is 6.67. The molecule has 16 heavy (non-hydrogen) atoms. The number of hydrogen-bond acceptors (Lipinski definition) is 6. The predicted octanol–water partition coefficient (Wildman–Crippen LogP) is -0.189. The summed E-state index contributed by atoms with van der Waals surface area (Å²) in [4.78, 5) is 0. The highest BCUT2D eigenvalue weighted by molar-refractivity contribution is 7.81. The van der Waals surface area contributed by atoms with Gasteiger partial charge in [-0.15, -0.1) is 0 Å². The average molecular weight is 294 g/mol. The summed E-state index contributed by atoms with van der Waals surface area (Å²) < 4.78 is 107. The van der Waals surface area contributed by atoms with Gasteiger partial charge in [0.05, 0.1) is 0 Å². The van der Waals surface area contributed by atoms with Crippen LogP contribution in [0.25, 0.3) is 0 Å². The van der Waals surface area contributed by atoms with Crippen molar-refractivity contribution in [1.82, 2.24) is 0 Å². The molecule has 0 fully saturated rings. The fraction of sp³-hybridized carbons (Fsp3) is 1.00. The first kappa shape index (κ1) is 15.5. The maximum absolute atomic E-state index is 12.2. The standard InChI is InChI=1S/C2H2F4O8S2/c3-1(4,13-15(7,8)9)2(5,6)14-16(10,11)12/h(H,7,8,9)(H,10,11,12). The van der Waals surface area contributed by atoms with Gasteiger partial charge in [0.1, 0.15) is 0 Å². The fourth-order valence-corrected chi connectivity index (χ4v) is 1.08. The van der Waals surface area contributed by atoms with E-state index in [-0.39, 0.29) is 0 Å². The van der Waals surface area contributed by atoms with E-state index in [1.165, 1.54) is 0 Å². The van der Waals surface area contributed by atoms with Crippen LogP contribution in [0.4, 0.5) is 17.6 Å². The molecular weight excluding hydrogens is 292 g/mol. The molecule has 0 heterocycles. The third-order valence-corrected chi connectivity index (χ3v) is 1.60. The second-order valence-corrected chi connectivity index (χ2v) is 4.10. The molecule has 0 radical (unpaired) electrons. The lowest BCUT2D eigenvalue weighted by atomic mass is 10.6. The molecule has 0 unspecified atom stereocenters. The summed E-state index contributed by atoms with van der Waals surface area (Å²) in [5, 5.41) is 0. The van der Waals surface area contributed by atoms with E-state index in [4.69, 9.17) is 9.11 Å². The lowest BCUT2D eigenvalue weighted by molar-refractivity contribution is -0.380. The van der Waals surface area contributed by atoms with Gasteiger partial charge < -0.3 is 0 Å². The third-order valence-electron chi connectivity index (χ3n) is 0.759. The fourth-order valence-electron chi connectivity index (χ4n) is 0.362. The van der Waals surface area contributed by atoms with Crippen molar-refractivity contribution < 1.29 is 51.9 Å². The molecule has 14 heteroatoms. The quantitative estimate of drug-likeness (QED) is 0.527. The van der Waals surface area contributed by atoms with Gasteiger partial charge in [0.15, 0.2) is 0 Å². The van der Waals surface area contributed by atoms with Crippen molar-refractivity contribution in [2.24, 2.45) is 0 Å². The van der Waals surface area contributed by atoms with Crippen LogP contribution in [-0.4, -0.2) is 38.2 Å². The van der Waals surface area contributed by atoms with Gasteiger partial charge in [0.25, 0.3) is 0 Å². The molecule has 98 valence electrons. The topological polar surface area (TPSA) is 127 Å². The Morgan fingerprint density at radius 1 is 0.750 bits per heavy atom. The summed E-state index contributed by atoms with van der Waals surface area (Å²) in [7, 11) is -12.0. The average Bonchev–Trinajstić information content (AvgIpc) is 1.72. The molecule has 0 aliphatic rings. The Hall–Kier alpha value is -0.540. The van der Waals surface area contributed by atoms with Gasteiger partial charge in [-0.25, -0.2) is 0 Å². The molecule has 0 saturated heterocycles. The molecule has 8 nitrogen and oxygen atoms in total. The highest BCUT2D eigenvalue weighted by Crippen LogP contribution is 2.38. The van der Waals surface area contributed by atoms with Crippen LogP contribution < -0.4 is 0 Å². The van der Waals surface area contributed by atoms with Crippen LogP contribution in [0.15, 0.2) is 0 Å². The molecule has 0 spiro atoms. The Morgan fingerprint density at radius 3 is 1.06 bits per heavy atom. The van der Waals surface area contributed by atoms with E-state index in [2.05, 4.69) is 8.37 Å². The Bertz CT molecular complexity index is 404. The van der Waals surface area contributed by atoms with Crippen molar-refractivity contribution in [3.05, 3.63) is 0 Å². The van der Waals surface area contributed by atoms with Gasteiger partial charge >= 0.3 is 33.0 Å². The van der Waals surface area contributed by atoms with E-state index in [0.29, 0.717) is 0 Å². The summed E-state index contributed by atoms with van der Waals surface area (Å²) in [6, 6.07) is 0. The van der Waals surface area contributed by atoms with Gasteiger partial charge in [-0.05, 0) is 0 Å². The summed E-state index contributed by atoms with van der Waals surface area (Å²) in [6.07, 6.45) is -12.1. The molecule has 0 aromatic rings. The van der Waals surface area contributed by atoms with Crippen LogP contribution in [-0.2, 0) is 29.2 Å². The van der Waals surface area contributed by atoms with Crippen molar-refractivity contribution in [2.45, 2.75) is 12.2 Å². The van der Waals surface area contributed by atoms with E-state index in [9.17, 15) is 34.4 Å². The number of alkyl halides is 4. The maximum Gasteiger partial charge on any atom is 0.465 e. The van der Waals surface area contributed by atoms with Crippen LogP contribution >= 0.6 is 0 Å². The first-order valence-corrected chi connectivity index (χ1v) is 5.51. The van der Waals surface area contributed by atoms with Crippen molar-refractivity contribution in [1.29, 1.82) is 0 Å².